The molecule has 6 heteroatoms. The number of piperidine rings is 1. The molecule has 0 saturated carbocycles. The molecule has 146 valence electrons. The van der Waals surface area contributed by atoms with E-state index < -0.39 is 6.10 Å². The van der Waals surface area contributed by atoms with Crippen molar-refractivity contribution >= 4 is 5.91 Å². The molecule has 0 aliphatic carbocycles. The van der Waals surface area contributed by atoms with E-state index >= 15 is 0 Å². The van der Waals surface area contributed by atoms with E-state index in [0.29, 0.717) is 13.0 Å². The molecule has 0 unspecified atom stereocenters. The molecular formula is C21H30N4O2. The van der Waals surface area contributed by atoms with Crippen molar-refractivity contribution in [2.45, 2.75) is 31.9 Å². The maximum absolute atomic E-state index is 12.4. The van der Waals surface area contributed by atoms with Crippen molar-refractivity contribution in [1.82, 2.24) is 19.4 Å². The second kappa shape index (κ2) is 9.15. The third kappa shape index (κ3) is 5.17. The Kier molecular flexibility index (Phi) is 6.63. The standard InChI is InChI=1S/C21H30N4O2/c1-23-15-11-22-21(23)20(27)18-8-12-25(13-9-18)14-10-19(26)24(2)16-17-6-4-3-5-7-17/h3-7,11,15,18,20,27H,8-10,12-14,16H2,1-2H3/t20-/m0/s1. The molecule has 0 bridgehead atoms. The van der Waals surface area contributed by atoms with Gasteiger partial charge in [-0.05, 0) is 37.4 Å². The largest absolute Gasteiger partial charge is 0.385 e. The van der Waals surface area contributed by atoms with Gasteiger partial charge in [0.15, 0.2) is 0 Å². The van der Waals surface area contributed by atoms with Crippen LogP contribution >= 0.6 is 0 Å². The summed E-state index contributed by atoms with van der Waals surface area (Å²) < 4.78 is 1.89. The summed E-state index contributed by atoms with van der Waals surface area (Å²) in [5, 5.41) is 10.6. The summed E-state index contributed by atoms with van der Waals surface area (Å²) in [6.45, 7) is 3.27. The first-order valence-corrected chi connectivity index (χ1v) is 9.70. The van der Waals surface area contributed by atoms with Crippen LogP contribution in [0.5, 0.6) is 0 Å². The van der Waals surface area contributed by atoms with Crippen molar-refractivity contribution in [2.75, 3.05) is 26.7 Å². The topological polar surface area (TPSA) is 61.6 Å². The Balaban J connectivity index is 1.40. The SMILES string of the molecule is CN(Cc1ccccc1)C(=O)CCN1CCC([C@H](O)c2nccn2C)CC1. The monoisotopic (exact) mass is 370 g/mol. The van der Waals surface area contributed by atoms with Crippen LogP contribution in [0.25, 0.3) is 0 Å². The molecule has 1 N–H and O–H groups in total. The highest BCUT2D eigenvalue weighted by molar-refractivity contribution is 5.76. The van der Waals surface area contributed by atoms with Crippen LogP contribution in [-0.4, -0.2) is 57.0 Å². The Bertz CT molecular complexity index is 723. The molecule has 1 aromatic heterocycles. The minimum Gasteiger partial charge on any atom is -0.385 e. The number of benzene rings is 1. The number of aromatic nitrogens is 2. The Hall–Kier alpha value is -2.18. The van der Waals surface area contributed by atoms with Gasteiger partial charge in [0.05, 0.1) is 0 Å². The van der Waals surface area contributed by atoms with Crippen LogP contribution in [-0.2, 0) is 18.4 Å². The molecule has 27 heavy (non-hydrogen) atoms. The average Bonchev–Trinajstić information content (AvgIpc) is 3.12. The maximum Gasteiger partial charge on any atom is 0.223 e. The van der Waals surface area contributed by atoms with Gasteiger partial charge < -0.3 is 19.5 Å². The lowest BCUT2D eigenvalue weighted by Gasteiger charge is -2.34. The van der Waals surface area contributed by atoms with Crippen LogP contribution in [0, 0.1) is 5.92 Å². The number of aliphatic hydroxyl groups excluding tert-OH is 1. The van der Waals surface area contributed by atoms with Crippen molar-refractivity contribution < 1.29 is 9.90 Å². The van der Waals surface area contributed by atoms with E-state index in [1.807, 2.05) is 55.2 Å². The van der Waals surface area contributed by atoms with Crippen LogP contribution in [0.2, 0.25) is 0 Å². The minimum atomic E-state index is -0.509. The van der Waals surface area contributed by atoms with E-state index in [1.54, 1.807) is 11.1 Å². The van der Waals surface area contributed by atoms with Gasteiger partial charge in [0, 0.05) is 46.0 Å². The smallest absolute Gasteiger partial charge is 0.223 e. The fraction of sp³-hybridized carbons (Fsp3) is 0.524. The molecule has 1 saturated heterocycles. The van der Waals surface area contributed by atoms with Gasteiger partial charge in [0.25, 0.3) is 0 Å². The van der Waals surface area contributed by atoms with E-state index in [1.165, 1.54) is 0 Å². The van der Waals surface area contributed by atoms with E-state index in [0.717, 1.165) is 43.9 Å². The third-order valence-corrected chi connectivity index (χ3v) is 5.53. The molecule has 1 amide bonds. The quantitative estimate of drug-likeness (QED) is 0.812. The second-order valence-corrected chi connectivity index (χ2v) is 7.51. The Morgan fingerprint density at radius 1 is 1.30 bits per heavy atom. The van der Waals surface area contributed by atoms with Gasteiger partial charge in [-0.1, -0.05) is 30.3 Å². The van der Waals surface area contributed by atoms with Gasteiger partial charge in [-0.3, -0.25) is 4.79 Å². The molecule has 2 heterocycles. The van der Waals surface area contributed by atoms with Crippen LogP contribution in [0.4, 0.5) is 0 Å². The van der Waals surface area contributed by atoms with Crippen molar-refractivity contribution in [3.63, 3.8) is 0 Å². The summed E-state index contributed by atoms with van der Waals surface area (Å²) in [6, 6.07) is 10.1. The highest BCUT2D eigenvalue weighted by atomic mass is 16.3. The first-order chi connectivity index (χ1) is 13.0. The molecule has 0 spiro atoms. The van der Waals surface area contributed by atoms with Crippen molar-refractivity contribution in [3.8, 4) is 0 Å². The number of aryl methyl sites for hydroxylation is 1. The lowest BCUT2D eigenvalue weighted by atomic mass is 9.90. The number of likely N-dealkylation sites (tertiary alicyclic amines) is 1. The molecular weight excluding hydrogens is 340 g/mol. The predicted octanol–water partition coefficient (Wildman–Crippen LogP) is 2.21. The molecule has 6 nitrogen and oxygen atoms in total. The van der Waals surface area contributed by atoms with Crippen LogP contribution < -0.4 is 0 Å². The molecule has 1 aliphatic rings. The highest BCUT2D eigenvalue weighted by Gasteiger charge is 2.28. The second-order valence-electron chi connectivity index (χ2n) is 7.51. The number of hydrogen-bond acceptors (Lipinski definition) is 4. The minimum absolute atomic E-state index is 0.175. The Labute approximate surface area is 161 Å². The number of carbonyl (C=O) groups excluding carboxylic acids is 1. The summed E-state index contributed by atoms with van der Waals surface area (Å²) in [4.78, 5) is 20.8. The van der Waals surface area contributed by atoms with Gasteiger partial charge in [0.1, 0.15) is 11.9 Å². The molecule has 1 aliphatic heterocycles. The number of carbonyl (C=O) groups is 1. The summed E-state index contributed by atoms with van der Waals surface area (Å²) in [6.07, 6.45) is 5.49. The first kappa shape index (κ1) is 19.6. The molecule has 1 aromatic carbocycles. The maximum atomic E-state index is 12.4. The fourth-order valence-corrected chi connectivity index (χ4v) is 3.76. The number of hydrogen-bond donors (Lipinski definition) is 1. The zero-order chi connectivity index (χ0) is 19.2. The summed E-state index contributed by atoms with van der Waals surface area (Å²) in [5.74, 6) is 1.15. The zero-order valence-electron chi connectivity index (χ0n) is 16.3. The average molecular weight is 370 g/mol. The van der Waals surface area contributed by atoms with E-state index in [4.69, 9.17) is 0 Å². The van der Waals surface area contributed by atoms with Crippen molar-refractivity contribution in [1.29, 1.82) is 0 Å². The molecule has 2 aromatic rings. The van der Waals surface area contributed by atoms with Gasteiger partial charge in [-0.15, -0.1) is 0 Å². The summed E-state index contributed by atoms with van der Waals surface area (Å²) in [5.41, 5.74) is 1.15. The normalized spacial score (nSPS) is 17.0. The van der Waals surface area contributed by atoms with E-state index in [9.17, 15) is 9.90 Å². The van der Waals surface area contributed by atoms with Crippen LogP contribution in [0.1, 0.15) is 36.8 Å². The highest BCUT2D eigenvalue weighted by Crippen LogP contribution is 2.29. The lowest BCUT2D eigenvalue weighted by molar-refractivity contribution is -0.130. The summed E-state index contributed by atoms with van der Waals surface area (Å²) >= 11 is 0. The summed E-state index contributed by atoms with van der Waals surface area (Å²) in [7, 11) is 3.78. The number of amides is 1. The molecule has 0 radical (unpaired) electrons. The molecule has 1 atom stereocenters. The first-order valence-electron chi connectivity index (χ1n) is 9.70. The zero-order valence-corrected chi connectivity index (χ0v) is 16.3. The fourth-order valence-electron chi connectivity index (χ4n) is 3.76. The van der Waals surface area contributed by atoms with Gasteiger partial charge >= 0.3 is 0 Å². The number of aliphatic hydroxyl groups is 1. The van der Waals surface area contributed by atoms with Crippen LogP contribution in [0.15, 0.2) is 42.7 Å². The van der Waals surface area contributed by atoms with Crippen molar-refractivity contribution in [2.24, 2.45) is 13.0 Å². The predicted molar refractivity (Wildman–Crippen MR) is 105 cm³/mol. The van der Waals surface area contributed by atoms with Gasteiger partial charge in [-0.25, -0.2) is 4.98 Å². The van der Waals surface area contributed by atoms with Crippen LogP contribution in [0.3, 0.4) is 0 Å². The Morgan fingerprint density at radius 2 is 2.00 bits per heavy atom. The van der Waals surface area contributed by atoms with Gasteiger partial charge in [-0.2, -0.15) is 0 Å². The van der Waals surface area contributed by atoms with Crippen molar-refractivity contribution in [3.05, 3.63) is 54.1 Å². The van der Waals surface area contributed by atoms with E-state index in [-0.39, 0.29) is 11.8 Å². The number of rotatable bonds is 7. The third-order valence-electron chi connectivity index (χ3n) is 5.53. The van der Waals surface area contributed by atoms with E-state index in [2.05, 4.69) is 9.88 Å². The molecule has 3 rings (SSSR count). The number of imidazole rings is 1. The lowest BCUT2D eigenvalue weighted by Crippen LogP contribution is -2.38. The Morgan fingerprint density at radius 3 is 2.63 bits per heavy atom. The number of nitrogens with zero attached hydrogens (tertiary/aromatic N) is 4. The van der Waals surface area contributed by atoms with Gasteiger partial charge in [0.2, 0.25) is 5.91 Å². The molecule has 1 fully saturated rings.